The van der Waals surface area contributed by atoms with Gasteiger partial charge in [0.05, 0.1) is 4.92 Å². The van der Waals surface area contributed by atoms with E-state index >= 15 is 0 Å². The third kappa shape index (κ3) is 4.66. The molecular weight excluding hydrogens is 234 g/mol. The van der Waals surface area contributed by atoms with Crippen LogP contribution in [-0.2, 0) is 9.53 Å². The molecule has 1 aromatic rings. The standard InChI is InChI=1S/C13H13NO4/c1-13(2,3)18-12(15)8-7-10-5-4-6-11(9-10)14(16)17/h4-6,9H,1-3H3. The van der Waals surface area contributed by atoms with E-state index < -0.39 is 16.5 Å². The third-order valence-electron chi connectivity index (χ3n) is 1.76. The summed E-state index contributed by atoms with van der Waals surface area (Å²) in [5.74, 6) is 4.16. The van der Waals surface area contributed by atoms with Gasteiger partial charge in [0.25, 0.3) is 5.69 Å². The summed E-state index contributed by atoms with van der Waals surface area (Å²) in [7, 11) is 0. The van der Waals surface area contributed by atoms with Gasteiger partial charge in [0.15, 0.2) is 0 Å². The lowest BCUT2D eigenvalue weighted by Crippen LogP contribution is -2.22. The Morgan fingerprint density at radius 1 is 1.39 bits per heavy atom. The van der Waals surface area contributed by atoms with E-state index in [0.29, 0.717) is 5.56 Å². The second-order valence-electron chi connectivity index (χ2n) is 4.56. The van der Waals surface area contributed by atoms with Crippen molar-refractivity contribution in [2.75, 3.05) is 0 Å². The third-order valence-corrected chi connectivity index (χ3v) is 1.76. The summed E-state index contributed by atoms with van der Waals surface area (Å²) < 4.78 is 4.99. The molecule has 0 amide bonds. The number of ether oxygens (including phenoxy) is 1. The number of rotatable bonds is 1. The number of nitro benzene ring substituents is 1. The molecule has 94 valence electrons. The van der Waals surface area contributed by atoms with E-state index in [4.69, 9.17) is 4.74 Å². The molecule has 0 aliphatic heterocycles. The van der Waals surface area contributed by atoms with Crippen LogP contribution in [0.1, 0.15) is 26.3 Å². The Morgan fingerprint density at radius 3 is 2.61 bits per heavy atom. The first-order valence-corrected chi connectivity index (χ1v) is 5.27. The Bertz CT molecular complexity index is 532. The highest BCUT2D eigenvalue weighted by atomic mass is 16.6. The minimum atomic E-state index is -0.658. The molecule has 0 aliphatic carbocycles. The summed E-state index contributed by atoms with van der Waals surface area (Å²) in [6, 6.07) is 5.76. The molecule has 0 fully saturated rings. The quantitative estimate of drug-likeness (QED) is 0.330. The Morgan fingerprint density at radius 2 is 2.06 bits per heavy atom. The highest BCUT2D eigenvalue weighted by Crippen LogP contribution is 2.12. The van der Waals surface area contributed by atoms with Gasteiger partial charge in [-0.2, -0.15) is 0 Å². The molecule has 0 aliphatic rings. The predicted molar refractivity (Wildman–Crippen MR) is 65.8 cm³/mol. The number of hydrogen-bond acceptors (Lipinski definition) is 4. The fraction of sp³-hybridized carbons (Fsp3) is 0.308. The van der Waals surface area contributed by atoms with Crippen LogP contribution in [0, 0.1) is 22.0 Å². The monoisotopic (exact) mass is 247 g/mol. The van der Waals surface area contributed by atoms with Crippen molar-refractivity contribution in [3.8, 4) is 11.8 Å². The summed E-state index contributed by atoms with van der Waals surface area (Å²) in [5, 5.41) is 10.5. The van der Waals surface area contributed by atoms with Crippen LogP contribution in [0.3, 0.4) is 0 Å². The van der Waals surface area contributed by atoms with Gasteiger partial charge in [0, 0.05) is 23.6 Å². The van der Waals surface area contributed by atoms with Gasteiger partial charge < -0.3 is 4.74 Å². The molecule has 5 heteroatoms. The first kappa shape index (κ1) is 13.7. The second kappa shape index (κ2) is 5.32. The minimum absolute atomic E-state index is 0.0639. The molecule has 18 heavy (non-hydrogen) atoms. The molecule has 0 heterocycles. The van der Waals surface area contributed by atoms with Crippen LogP contribution < -0.4 is 0 Å². The van der Waals surface area contributed by atoms with Gasteiger partial charge in [-0.3, -0.25) is 10.1 Å². The van der Waals surface area contributed by atoms with Gasteiger partial charge >= 0.3 is 5.97 Å². The van der Waals surface area contributed by atoms with Crippen LogP contribution in [0.5, 0.6) is 0 Å². The lowest BCUT2D eigenvalue weighted by Gasteiger charge is -2.16. The Hall–Kier alpha value is -2.35. The van der Waals surface area contributed by atoms with Crippen LogP contribution in [0.15, 0.2) is 24.3 Å². The maximum absolute atomic E-state index is 11.3. The fourth-order valence-electron chi connectivity index (χ4n) is 1.12. The largest absolute Gasteiger partial charge is 0.450 e. The summed E-state index contributed by atoms with van der Waals surface area (Å²) in [6.07, 6.45) is 0. The van der Waals surface area contributed by atoms with Crippen molar-refractivity contribution >= 4 is 11.7 Å². The zero-order valence-corrected chi connectivity index (χ0v) is 10.4. The number of nitrogens with zero attached hydrogens (tertiary/aromatic N) is 1. The molecule has 0 N–H and O–H groups in total. The molecule has 0 spiro atoms. The summed E-state index contributed by atoms with van der Waals surface area (Å²) in [4.78, 5) is 21.4. The number of hydrogen-bond donors (Lipinski definition) is 0. The molecule has 1 rings (SSSR count). The van der Waals surface area contributed by atoms with E-state index in [1.807, 2.05) is 0 Å². The molecule has 0 saturated carbocycles. The van der Waals surface area contributed by atoms with E-state index in [-0.39, 0.29) is 5.69 Å². The minimum Gasteiger partial charge on any atom is -0.450 e. The maximum Gasteiger partial charge on any atom is 0.385 e. The van der Waals surface area contributed by atoms with E-state index in [9.17, 15) is 14.9 Å². The maximum atomic E-state index is 11.3. The van der Waals surface area contributed by atoms with Crippen molar-refractivity contribution in [3.63, 3.8) is 0 Å². The molecule has 0 unspecified atom stereocenters. The van der Waals surface area contributed by atoms with Crippen molar-refractivity contribution in [1.82, 2.24) is 0 Å². The number of non-ortho nitro benzene ring substituents is 1. The van der Waals surface area contributed by atoms with E-state index in [1.165, 1.54) is 18.2 Å². The van der Waals surface area contributed by atoms with Gasteiger partial charge in [0.1, 0.15) is 5.60 Å². The smallest absolute Gasteiger partial charge is 0.385 e. The van der Waals surface area contributed by atoms with Gasteiger partial charge in [-0.15, -0.1) is 0 Å². The SMILES string of the molecule is CC(C)(C)OC(=O)C#Cc1cccc([N+](=O)[O-])c1. The van der Waals surface area contributed by atoms with Crippen molar-refractivity contribution in [2.24, 2.45) is 0 Å². The van der Waals surface area contributed by atoms with Crippen LogP contribution in [0.4, 0.5) is 5.69 Å². The molecule has 0 aromatic heterocycles. The van der Waals surface area contributed by atoms with Crippen LogP contribution in [0.25, 0.3) is 0 Å². The van der Waals surface area contributed by atoms with E-state index in [1.54, 1.807) is 26.8 Å². The highest BCUT2D eigenvalue weighted by Gasteiger charge is 2.14. The average molecular weight is 247 g/mol. The Labute approximate surface area is 105 Å². The van der Waals surface area contributed by atoms with Crippen molar-refractivity contribution in [3.05, 3.63) is 39.9 Å². The number of carbonyl (C=O) groups excluding carboxylic acids is 1. The van der Waals surface area contributed by atoms with Crippen molar-refractivity contribution in [1.29, 1.82) is 0 Å². The molecule has 0 radical (unpaired) electrons. The zero-order valence-electron chi connectivity index (χ0n) is 10.4. The number of nitro groups is 1. The van der Waals surface area contributed by atoms with Crippen LogP contribution in [0.2, 0.25) is 0 Å². The first-order chi connectivity index (χ1) is 8.28. The van der Waals surface area contributed by atoms with Gasteiger partial charge in [-0.1, -0.05) is 12.0 Å². The van der Waals surface area contributed by atoms with Crippen molar-refractivity contribution in [2.45, 2.75) is 26.4 Å². The Balaban J connectivity index is 2.83. The fourth-order valence-corrected chi connectivity index (χ4v) is 1.12. The normalized spacial score (nSPS) is 10.2. The van der Waals surface area contributed by atoms with Crippen LogP contribution >= 0.6 is 0 Å². The van der Waals surface area contributed by atoms with Gasteiger partial charge in [0.2, 0.25) is 0 Å². The molecule has 0 atom stereocenters. The molecule has 0 saturated heterocycles. The van der Waals surface area contributed by atoms with Gasteiger partial charge in [-0.25, -0.2) is 4.79 Å². The van der Waals surface area contributed by atoms with Gasteiger partial charge in [-0.05, 0) is 26.8 Å². The van der Waals surface area contributed by atoms with Crippen molar-refractivity contribution < 1.29 is 14.5 Å². The van der Waals surface area contributed by atoms with Crippen LogP contribution in [-0.4, -0.2) is 16.5 Å². The Kier molecular flexibility index (Phi) is 4.05. The van der Waals surface area contributed by atoms with E-state index in [2.05, 4.69) is 11.8 Å². The molecule has 0 bridgehead atoms. The lowest BCUT2D eigenvalue weighted by atomic mass is 10.2. The first-order valence-electron chi connectivity index (χ1n) is 5.27. The highest BCUT2D eigenvalue weighted by molar-refractivity contribution is 5.89. The molecular formula is C13H13NO4. The number of carbonyl (C=O) groups is 1. The summed E-state index contributed by atoms with van der Waals surface area (Å²) >= 11 is 0. The molecule has 5 nitrogen and oxygen atoms in total. The topological polar surface area (TPSA) is 69.4 Å². The average Bonchev–Trinajstić information content (AvgIpc) is 2.24. The van der Waals surface area contributed by atoms with E-state index in [0.717, 1.165) is 0 Å². The zero-order chi connectivity index (χ0) is 13.8. The summed E-state index contributed by atoms with van der Waals surface area (Å²) in [6.45, 7) is 5.21. The number of benzene rings is 1. The molecule has 1 aromatic carbocycles. The predicted octanol–water partition coefficient (Wildman–Crippen LogP) is 2.29. The second-order valence-corrected chi connectivity index (χ2v) is 4.56. The lowest BCUT2D eigenvalue weighted by molar-refractivity contribution is -0.384. The number of esters is 1. The summed E-state index contributed by atoms with van der Waals surface area (Å²) in [5.41, 5.74) is -0.268.